The maximum Gasteiger partial charge on any atom is 0.249 e. The largest absolute Gasteiger partial charge is 0.356 e. The summed E-state index contributed by atoms with van der Waals surface area (Å²) in [4.78, 5) is 13.8. The van der Waals surface area contributed by atoms with Gasteiger partial charge in [0, 0.05) is 6.54 Å². The predicted molar refractivity (Wildman–Crippen MR) is 62.1 cm³/mol. The van der Waals surface area contributed by atoms with Crippen molar-refractivity contribution in [3.8, 4) is 0 Å². The summed E-state index contributed by atoms with van der Waals surface area (Å²) in [6, 6.07) is 4.83. The van der Waals surface area contributed by atoms with Gasteiger partial charge in [-0.2, -0.15) is 0 Å². The molecule has 2 rings (SSSR count). The van der Waals surface area contributed by atoms with Crippen molar-refractivity contribution >= 4 is 17.3 Å². The highest BCUT2D eigenvalue weighted by atomic mass is 19.1. The highest BCUT2D eigenvalue weighted by molar-refractivity contribution is 6.06. The molecule has 1 amide bonds. The molecule has 1 aliphatic rings. The SMILES string of the molecule is CCN1c2cccc(F)c2NC(=O)C1(C)C. The number of hydrogen-bond donors (Lipinski definition) is 1. The second-order valence-corrected chi connectivity index (χ2v) is 4.39. The van der Waals surface area contributed by atoms with Gasteiger partial charge in [-0.05, 0) is 32.9 Å². The Balaban J connectivity index is 2.61. The van der Waals surface area contributed by atoms with Crippen molar-refractivity contribution < 1.29 is 9.18 Å². The lowest BCUT2D eigenvalue weighted by molar-refractivity contribution is -0.120. The number of fused-ring (bicyclic) bond motifs is 1. The van der Waals surface area contributed by atoms with Gasteiger partial charge in [-0.1, -0.05) is 6.07 Å². The first kappa shape index (κ1) is 10.9. The van der Waals surface area contributed by atoms with Gasteiger partial charge in [0.1, 0.15) is 17.0 Å². The molecule has 1 N–H and O–H groups in total. The van der Waals surface area contributed by atoms with Crippen LogP contribution in [0.5, 0.6) is 0 Å². The van der Waals surface area contributed by atoms with Crippen LogP contribution in [0.4, 0.5) is 15.8 Å². The molecule has 0 unspecified atom stereocenters. The summed E-state index contributed by atoms with van der Waals surface area (Å²) in [5.41, 5.74) is 0.385. The maximum absolute atomic E-state index is 13.6. The molecular formula is C12H15FN2O. The molecule has 0 aromatic heterocycles. The van der Waals surface area contributed by atoms with Gasteiger partial charge in [0.05, 0.1) is 5.69 Å². The second-order valence-electron chi connectivity index (χ2n) is 4.39. The molecule has 0 aliphatic carbocycles. The molecule has 0 spiro atoms. The van der Waals surface area contributed by atoms with Crippen molar-refractivity contribution in [1.29, 1.82) is 0 Å². The van der Waals surface area contributed by atoms with Crippen LogP contribution < -0.4 is 10.2 Å². The molecule has 0 saturated carbocycles. The van der Waals surface area contributed by atoms with Crippen molar-refractivity contribution in [2.24, 2.45) is 0 Å². The Bertz CT molecular complexity index is 443. The van der Waals surface area contributed by atoms with Crippen molar-refractivity contribution in [3.63, 3.8) is 0 Å². The first-order valence-corrected chi connectivity index (χ1v) is 5.36. The van der Waals surface area contributed by atoms with E-state index in [1.165, 1.54) is 6.07 Å². The van der Waals surface area contributed by atoms with Gasteiger partial charge < -0.3 is 10.2 Å². The van der Waals surface area contributed by atoms with E-state index in [4.69, 9.17) is 0 Å². The van der Waals surface area contributed by atoms with E-state index in [-0.39, 0.29) is 17.4 Å². The van der Waals surface area contributed by atoms with E-state index in [0.29, 0.717) is 6.54 Å². The molecule has 1 aromatic carbocycles. The summed E-state index contributed by atoms with van der Waals surface area (Å²) in [7, 11) is 0. The van der Waals surface area contributed by atoms with Crippen molar-refractivity contribution in [2.45, 2.75) is 26.3 Å². The molecule has 0 bridgehead atoms. The number of nitrogens with one attached hydrogen (secondary N) is 1. The zero-order valence-corrected chi connectivity index (χ0v) is 9.67. The summed E-state index contributed by atoms with van der Waals surface area (Å²) in [5, 5.41) is 2.63. The Kier molecular flexibility index (Phi) is 2.37. The van der Waals surface area contributed by atoms with Crippen LogP contribution in [-0.4, -0.2) is 18.0 Å². The third kappa shape index (κ3) is 1.37. The molecule has 0 atom stereocenters. The van der Waals surface area contributed by atoms with E-state index in [0.717, 1.165) is 5.69 Å². The van der Waals surface area contributed by atoms with E-state index in [1.54, 1.807) is 6.07 Å². The van der Waals surface area contributed by atoms with E-state index in [1.807, 2.05) is 31.7 Å². The molecule has 1 aromatic rings. The van der Waals surface area contributed by atoms with Crippen LogP contribution >= 0.6 is 0 Å². The van der Waals surface area contributed by atoms with E-state index >= 15 is 0 Å². The lowest BCUT2D eigenvalue weighted by Crippen LogP contribution is -2.56. The Morgan fingerprint density at radius 3 is 2.75 bits per heavy atom. The maximum atomic E-state index is 13.6. The Morgan fingerprint density at radius 2 is 2.12 bits per heavy atom. The number of nitrogens with zero attached hydrogens (tertiary/aromatic N) is 1. The van der Waals surface area contributed by atoms with E-state index in [2.05, 4.69) is 5.32 Å². The molecule has 0 radical (unpaired) electrons. The fourth-order valence-electron chi connectivity index (χ4n) is 2.12. The van der Waals surface area contributed by atoms with Crippen LogP contribution in [0.15, 0.2) is 18.2 Å². The smallest absolute Gasteiger partial charge is 0.249 e. The average molecular weight is 222 g/mol. The second kappa shape index (κ2) is 3.47. The molecule has 86 valence electrons. The molecule has 0 saturated heterocycles. The van der Waals surface area contributed by atoms with Gasteiger partial charge in [-0.25, -0.2) is 4.39 Å². The minimum atomic E-state index is -0.643. The standard InChI is InChI=1S/C12H15FN2O/c1-4-15-9-7-5-6-8(13)10(9)14-11(16)12(15,2)3/h5-7H,4H2,1-3H3,(H,14,16). The number of para-hydroxylation sites is 1. The zero-order valence-electron chi connectivity index (χ0n) is 9.67. The Labute approximate surface area is 94.3 Å². The molecule has 16 heavy (non-hydrogen) atoms. The number of benzene rings is 1. The number of hydrogen-bond acceptors (Lipinski definition) is 2. The van der Waals surface area contributed by atoms with Gasteiger partial charge in [0.15, 0.2) is 0 Å². The monoisotopic (exact) mass is 222 g/mol. The van der Waals surface area contributed by atoms with Crippen molar-refractivity contribution in [3.05, 3.63) is 24.0 Å². The minimum Gasteiger partial charge on any atom is -0.356 e. The van der Waals surface area contributed by atoms with Gasteiger partial charge in [-0.3, -0.25) is 4.79 Å². The summed E-state index contributed by atoms with van der Waals surface area (Å²) in [5.74, 6) is -0.563. The van der Waals surface area contributed by atoms with Gasteiger partial charge >= 0.3 is 0 Å². The highest BCUT2D eigenvalue weighted by Gasteiger charge is 2.40. The topological polar surface area (TPSA) is 32.3 Å². The van der Waals surface area contributed by atoms with Crippen LogP contribution in [0, 0.1) is 5.82 Å². The summed E-state index contributed by atoms with van der Waals surface area (Å²) in [6.45, 7) is 6.28. The third-order valence-electron chi connectivity index (χ3n) is 3.07. The molecule has 1 aliphatic heterocycles. The van der Waals surface area contributed by atoms with Crippen molar-refractivity contribution in [1.82, 2.24) is 0 Å². The van der Waals surface area contributed by atoms with Crippen LogP contribution in [0.25, 0.3) is 0 Å². The normalized spacial score (nSPS) is 18.0. The number of amides is 1. The third-order valence-corrected chi connectivity index (χ3v) is 3.07. The van der Waals surface area contributed by atoms with Crippen LogP contribution in [0.3, 0.4) is 0 Å². The fraction of sp³-hybridized carbons (Fsp3) is 0.417. The van der Waals surface area contributed by atoms with Gasteiger partial charge in [0.2, 0.25) is 5.91 Å². The lowest BCUT2D eigenvalue weighted by atomic mass is 9.96. The molecule has 1 heterocycles. The number of rotatable bonds is 1. The predicted octanol–water partition coefficient (Wildman–Crippen LogP) is 2.38. The quantitative estimate of drug-likeness (QED) is 0.791. The lowest BCUT2D eigenvalue weighted by Gasteiger charge is -2.43. The highest BCUT2D eigenvalue weighted by Crippen LogP contribution is 2.37. The molecular weight excluding hydrogens is 207 g/mol. The number of halogens is 1. The van der Waals surface area contributed by atoms with Gasteiger partial charge in [0.25, 0.3) is 0 Å². The minimum absolute atomic E-state index is 0.174. The number of carbonyl (C=O) groups excluding carboxylic acids is 1. The first-order valence-electron chi connectivity index (χ1n) is 5.36. The molecule has 4 heteroatoms. The fourth-order valence-corrected chi connectivity index (χ4v) is 2.12. The van der Waals surface area contributed by atoms with Crippen molar-refractivity contribution in [2.75, 3.05) is 16.8 Å². The number of anilines is 2. The Hall–Kier alpha value is -1.58. The number of carbonyl (C=O) groups is 1. The van der Waals surface area contributed by atoms with Crippen LogP contribution in [0.2, 0.25) is 0 Å². The average Bonchev–Trinajstić information content (AvgIpc) is 2.21. The summed E-state index contributed by atoms with van der Waals surface area (Å²) >= 11 is 0. The summed E-state index contributed by atoms with van der Waals surface area (Å²) < 4.78 is 13.6. The van der Waals surface area contributed by atoms with Crippen LogP contribution in [-0.2, 0) is 4.79 Å². The van der Waals surface area contributed by atoms with Crippen LogP contribution in [0.1, 0.15) is 20.8 Å². The van der Waals surface area contributed by atoms with Gasteiger partial charge in [-0.15, -0.1) is 0 Å². The first-order chi connectivity index (χ1) is 7.48. The molecule has 3 nitrogen and oxygen atoms in total. The zero-order chi connectivity index (χ0) is 11.9. The van der Waals surface area contributed by atoms with E-state index in [9.17, 15) is 9.18 Å². The summed E-state index contributed by atoms with van der Waals surface area (Å²) in [6.07, 6.45) is 0. The molecule has 0 fully saturated rings. The van der Waals surface area contributed by atoms with E-state index < -0.39 is 5.54 Å². The Morgan fingerprint density at radius 1 is 1.44 bits per heavy atom. The number of likely N-dealkylation sites (N-methyl/N-ethyl adjacent to an activating group) is 1.